The molecule has 162 valence electrons. The molecule has 0 aromatic rings. The van der Waals surface area contributed by atoms with Gasteiger partial charge in [-0.15, -0.1) is 0 Å². The van der Waals surface area contributed by atoms with Crippen LogP contribution in [0.3, 0.4) is 0 Å². The fourth-order valence-electron chi connectivity index (χ4n) is 2.32. The van der Waals surface area contributed by atoms with Crippen molar-refractivity contribution in [2.75, 3.05) is 0 Å². The fraction of sp³-hybridized carbons (Fsp3) is 0.864. The molecule has 0 fully saturated rings. The zero-order valence-corrected chi connectivity index (χ0v) is 22.0. The predicted molar refractivity (Wildman–Crippen MR) is 107 cm³/mol. The maximum atomic E-state index is 10.3. The first-order chi connectivity index (χ1) is 12.7. The Kier molecular flexibility index (Phi) is 35.3. The van der Waals surface area contributed by atoms with Crippen molar-refractivity contribution in [3.05, 3.63) is 0 Å². The molecular formula is C22H42O5Zn. The second-order valence-electron chi connectivity index (χ2n) is 7.37. The SMILES string of the molecule is CC(=O)CC(C)C.CCCCCCCC(=O)[O-].CCCCCCCC(=O)[O-].[Zn+2]. The quantitative estimate of drug-likeness (QED) is 0.295. The van der Waals surface area contributed by atoms with Crippen molar-refractivity contribution >= 4 is 17.7 Å². The Morgan fingerprint density at radius 2 is 1.00 bits per heavy atom. The van der Waals surface area contributed by atoms with Crippen molar-refractivity contribution in [1.82, 2.24) is 0 Å². The molecule has 0 saturated carbocycles. The molecule has 0 saturated heterocycles. The summed E-state index contributed by atoms with van der Waals surface area (Å²) in [5.41, 5.74) is 0. The smallest absolute Gasteiger partial charge is 0.550 e. The molecule has 0 aromatic heterocycles. The number of Topliss-reactive ketones (excluding diaryl/α,β-unsaturated/α-hetero) is 1. The average Bonchev–Trinajstić information content (AvgIpc) is 2.54. The standard InChI is InChI=1S/2C8H16O2.C6H12O.Zn/c2*1-2-3-4-5-6-7-8(9)10;1-5(2)4-6(3)7;/h2*2-7H2,1H3,(H,9,10);5H,4H2,1-3H3;/q;;;+2/p-2. The number of carbonyl (C=O) groups is 3. The summed E-state index contributed by atoms with van der Waals surface area (Å²) >= 11 is 0. The average molecular weight is 452 g/mol. The molecule has 0 aliphatic heterocycles. The van der Waals surface area contributed by atoms with Gasteiger partial charge >= 0.3 is 19.5 Å². The molecule has 0 aromatic carbocycles. The molecule has 28 heavy (non-hydrogen) atoms. The molecule has 0 radical (unpaired) electrons. The minimum atomic E-state index is -0.920. The minimum Gasteiger partial charge on any atom is -0.550 e. The maximum absolute atomic E-state index is 10.3. The Balaban J connectivity index is -0.000000154. The summed E-state index contributed by atoms with van der Waals surface area (Å²) in [5, 5.41) is 19.8. The Morgan fingerprint density at radius 1 is 0.679 bits per heavy atom. The Hall–Kier alpha value is -0.767. The number of aliphatic carboxylic acids is 2. The molecule has 6 heteroatoms. The maximum Gasteiger partial charge on any atom is 2.00 e. The Morgan fingerprint density at radius 3 is 1.18 bits per heavy atom. The van der Waals surface area contributed by atoms with Gasteiger partial charge in [0.2, 0.25) is 0 Å². The van der Waals surface area contributed by atoms with Crippen molar-refractivity contribution in [3.8, 4) is 0 Å². The molecule has 0 rings (SSSR count). The number of carboxylic acids is 2. The van der Waals surface area contributed by atoms with Crippen LogP contribution in [-0.4, -0.2) is 17.7 Å². The number of hydrogen-bond acceptors (Lipinski definition) is 5. The summed E-state index contributed by atoms with van der Waals surface area (Å²) in [6.07, 6.45) is 11.9. The molecule has 0 amide bonds. The van der Waals surface area contributed by atoms with Crippen LogP contribution in [0.1, 0.15) is 118 Å². The van der Waals surface area contributed by atoms with Crippen molar-refractivity contribution in [2.45, 2.75) is 118 Å². The molecule has 0 N–H and O–H groups in total. The third kappa shape index (κ3) is 49.9. The van der Waals surface area contributed by atoms with Crippen LogP contribution in [0.15, 0.2) is 0 Å². The second-order valence-corrected chi connectivity index (χ2v) is 7.37. The zero-order chi connectivity index (χ0) is 21.5. The summed E-state index contributed by atoms with van der Waals surface area (Å²) in [6, 6.07) is 0. The normalized spacial score (nSPS) is 9.36. The van der Waals surface area contributed by atoms with Gasteiger partial charge in [0.15, 0.2) is 0 Å². The van der Waals surface area contributed by atoms with Gasteiger partial charge in [0, 0.05) is 18.4 Å². The fourth-order valence-corrected chi connectivity index (χ4v) is 2.32. The van der Waals surface area contributed by atoms with Gasteiger partial charge in [0.1, 0.15) is 5.78 Å². The number of carboxylic acid groups (broad SMARTS) is 2. The van der Waals surface area contributed by atoms with E-state index in [1.54, 1.807) is 6.92 Å². The largest absolute Gasteiger partial charge is 2.00 e. The van der Waals surface area contributed by atoms with Gasteiger partial charge in [0.05, 0.1) is 0 Å². The van der Waals surface area contributed by atoms with E-state index < -0.39 is 11.9 Å². The van der Waals surface area contributed by atoms with Crippen molar-refractivity contribution < 1.29 is 44.1 Å². The van der Waals surface area contributed by atoms with Gasteiger partial charge in [-0.25, -0.2) is 0 Å². The van der Waals surface area contributed by atoms with E-state index in [9.17, 15) is 24.6 Å². The molecule has 0 atom stereocenters. The van der Waals surface area contributed by atoms with Gasteiger partial charge in [0.25, 0.3) is 0 Å². The van der Waals surface area contributed by atoms with Crippen LogP contribution < -0.4 is 10.2 Å². The summed E-state index contributed by atoms with van der Waals surface area (Å²) in [6.45, 7) is 9.99. The van der Waals surface area contributed by atoms with E-state index in [-0.39, 0.29) is 38.1 Å². The van der Waals surface area contributed by atoms with Crippen molar-refractivity contribution in [2.24, 2.45) is 5.92 Å². The molecule has 0 spiro atoms. The molecule has 0 unspecified atom stereocenters. The van der Waals surface area contributed by atoms with Crippen LogP contribution >= 0.6 is 0 Å². The van der Waals surface area contributed by atoms with Crippen LogP contribution in [0.2, 0.25) is 0 Å². The van der Waals surface area contributed by atoms with E-state index in [2.05, 4.69) is 13.8 Å². The van der Waals surface area contributed by atoms with Gasteiger partial charge in [-0.1, -0.05) is 79.1 Å². The van der Waals surface area contributed by atoms with E-state index in [1.165, 1.54) is 25.7 Å². The van der Waals surface area contributed by atoms with Crippen LogP contribution in [0.4, 0.5) is 0 Å². The van der Waals surface area contributed by atoms with Gasteiger partial charge in [-0.05, 0) is 38.5 Å². The van der Waals surface area contributed by atoms with Crippen LogP contribution in [-0.2, 0) is 33.9 Å². The Bertz CT molecular complexity index is 333. The number of carbonyl (C=O) groups excluding carboxylic acids is 3. The van der Waals surface area contributed by atoms with E-state index >= 15 is 0 Å². The first-order valence-electron chi connectivity index (χ1n) is 10.6. The van der Waals surface area contributed by atoms with Crippen LogP contribution in [0.5, 0.6) is 0 Å². The summed E-state index contributed by atoms with van der Waals surface area (Å²) in [4.78, 5) is 30.1. The first kappa shape index (κ1) is 34.7. The van der Waals surface area contributed by atoms with E-state index in [4.69, 9.17) is 0 Å². The van der Waals surface area contributed by atoms with E-state index in [0.29, 0.717) is 5.92 Å². The second kappa shape index (κ2) is 28.4. The minimum absolute atomic E-state index is 0. The number of rotatable bonds is 14. The Labute approximate surface area is 185 Å². The van der Waals surface area contributed by atoms with Crippen LogP contribution in [0, 0.1) is 5.92 Å². The third-order valence-corrected chi connectivity index (χ3v) is 3.66. The number of hydrogen-bond donors (Lipinski definition) is 0. The summed E-state index contributed by atoms with van der Waals surface area (Å²) in [5.74, 6) is -1.03. The molecule has 0 aliphatic carbocycles. The van der Waals surface area contributed by atoms with Crippen molar-refractivity contribution in [1.29, 1.82) is 0 Å². The molecule has 5 nitrogen and oxygen atoms in total. The number of ketones is 1. The number of unbranched alkanes of at least 4 members (excludes halogenated alkanes) is 8. The van der Waals surface area contributed by atoms with Crippen molar-refractivity contribution in [3.63, 3.8) is 0 Å². The van der Waals surface area contributed by atoms with E-state index in [0.717, 1.165) is 44.9 Å². The predicted octanol–water partition coefficient (Wildman–Crippen LogP) is 3.81. The third-order valence-electron chi connectivity index (χ3n) is 3.66. The zero-order valence-electron chi connectivity index (χ0n) is 19.0. The van der Waals surface area contributed by atoms with Crippen LogP contribution in [0.25, 0.3) is 0 Å². The monoisotopic (exact) mass is 450 g/mol. The van der Waals surface area contributed by atoms with Gasteiger partial charge in [-0.3, -0.25) is 0 Å². The topological polar surface area (TPSA) is 97.3 Å². The molecular weight excluding hydrogens is 410 g/mol. The molecule has 0 heterocycles. The van der Waals surface area contributed by atoms with Gasteiger partial charge < -0.3 is 24.6 Å². The summed E-state index contributed by atoms with van der Waals surface area (Å²) < 4.78 is 0. The first-order valence-corrected chi connectivity index (χ1v) is 10.6. The van der Waals surface area contributed by atoms with E-state index in [1.807, 2.05) is 13.8 Å². The van der Waals surface area contributed by atoms with Gasteiger partial charge in [-0.2, -0.15) is 0 Å². The molecule has 0 bridgehead atoms. The molecule has 0 aliphatic rings. The summed E-state index contributed by atoms with van der Waals surface area (Å²) in [7, 11) is 0.